The van der Waals surface area contributed by atoms with Gasteiger partial charge in [-0.15, -0.1) is 0 Å². The maximum absolute atomic E-state index is 11.6. The molecule has 86 valence electrons. The fraction of sp³-hybridized carbons (Fsp3) is 0.417. The Morgan fingerprint density at radius 3 is 2.69 bits per heavy atom. The smallest absolute Gasteiger partial charge is 0.161 e. The molecular weight excluding hydrogens is 286 g/mol. The summed E-state index contributed by atoms with van der Waals surface area (Å²) in [6, 6.07) is 5.96. The van der Waals surface area contributed by atoms with Gasteiger partial charge in [-0.25, -0.2) is 0 Å². The molecule has 1 aliphatic heterocycles. The van der Waals surface area contributed by atoms with Gasteiger partial charge in [0.05, 0.1) is 0 Å². The van der Waals surface area contributed by atoms with E-state index in [1.165, 1.54) is 0 Å². The average Bonchev–Trinajstić information content (AvgIpc) is 2.30. The lowest BCUT2D eigenvalue weighted by Gasteiger charge is -2.30. The Hall–Kier alpha value is -0.480. The maximum Gasteiger partial charge on any atom is 0.161 e. The molecule has 0 radical (unpaired) electrons. The number of benzene rings is 1. The van der Waals surface area contributed by atoms with Crippen LogP contribution in [0, 0.1) is 0 Å². The van der Waals surface area contributed by atoms with E-state index in [0.29, 0.717) is 0 Å². The molecule has 0 unspecified atom stereocenters. The van der Waals surface area contributed by atoms with Crippen LogP contribution in [-0.2, 0) is 0 Å². The first-order valence-corrected chi connectivity index (χ1v) is 7.26. The highest BCUT2D eigenvalue weighted by molar-refractivity contribution is 9.10. The molecular formula is C12H14BrNOS. The number of Topliss-reactive ketones (excluding diaryl/α,β-unsaturated/α-hetero) is 1. The van der Waals surface area contributed by atoms with E-state index in [1.807, 2.05) is 30.0 Å². The molecule has 1 aromatic rings. The maximum atomic E-state index is 11.6. The van der Waals surface area contributed by atoms with Crippen molar-refractivity contribution in [3.05, 3.63) is 28.2 Å². The first-order chi connectivity index (χ1) is 7.68. The van der Waals surface area contributed by atoms with Crippen LogP contribution in [0.1, 0.15) is 17.3 Å². The standard InChI is InChI=1S/C12H14BrNOS/c1-9(15)11-8-10(13)2-3-12(11)14-4-6-16-7-5-14/h2-3,8H,4-7H2,1H3. The second-order valence-corrected chi connectivity index (χ2v) is 5.96. The van der Waals surface area contributed by atoms with E-state index >= 15 is 0 Å². The molecule has 4 heteroatoms. The van der Waals surface area contributed by atoms with Gasteiger partial charge in [-0.2, -0.15) is 11.8 Å². The topological polar surface area (TPSA) is 20.3 Å². The van der Waals surface area contributed by atoms with E-state index in [9.17, 15) is 4.79 Å². The first kappa shape index (κ1) is 12.0. The molecule has 16 heavy (non-hydrogen) atoms. The molecule has 1 heterocycles. The molecule has 0 atom stereocenters. The number of ketones is 1. The van der Waals surface area contributed by atoms with Crippen LogP contribution in [0.5, 0.6) is 0 Å². The number of rotatable bonds is 2. The number of hydrogen-bond acceptors (Lipinski definition) is 3. The van der Waals surface area contributed by atoms with Crippen molar-refractivity contribution in [3.8, 4) is 0 Å². The van der Waals surface area contributed by atoms with Crippen molar-refractivity contribution in [1.82, 2.24) is 0 Å². The SMILES string of the molecule is CC(=O)c1cc(Br)ccc1N1CCSCC1. The van der Waals surface area contributed by atoms with E-state index in [1.54, 1.807) is 6.92 Å². The van der Waals surface area contributed by atoms with Crippen LogP contribution in [0.15, 0.2) is 22.7 Å². The molecule has 0 saturated carbocycles. The lowest BCUT2D eigenvalue weighted by atomic mass is 10.1. The van der Waals surface area contributed by atoms with Crippen LogP contribution in [0.3, 0.4) is 0 Å². The van der Waals surface area contributed by atoms with Crippen molar-refractivity contribution in [3.63, 3.8) is 0 Å². The van der Waals surface area contributed by atoms with E-state index in [0.717, 1.165) is 40.3 Å². The number of anilines is 1. The molecule has 2 nitrogen and oxygen atoms in total. The monoisotopic (exact) mass is 299 g/mol. The van der Waals surface area contributed by atoms with Gasteiger partial charge < -0.3 is 4.90 Å². The van der Waals surface area contributed by atoms with Gasteiger partial charge in [0.25, 0.3) is 0 Å². The number of carbonyl (C=O) groups is 1. The summed E-state index contributed by atoms with van der Waals surface area (Å²) in [4.78, 5) is 13.9. The second kappa shape index (κ2) is 5.23. The fourth-order valence-electron chi connectivity index (χ4n) is 1.87. The van der Waals surface area contributed by atoms with Gasteiger partial charge in [-0.05, 0) is 25.1 Å². The summed E-state index contributed by atoms with van der Waals surface area (Å²) in [7, 11) is 0. The molecule has 1 fully saturated rings. The highest BCUT2D eigenvalue weighted by atomic mass is 79.9. The predicted molar refractivity (Wildman–Crippen MR) is 73.7 cm³/mol. The summed E-state index contributed by atoms with van der Waals surface area (Å²) < 4.78 is 0.966. The fourth-order valence-corrected chi connectivity index (χ4v) is 3.13. The highest BCUT2D eigenvalue weighted by Gasteiger charge is 2.16. The first-order valence-electron chi connectivity index (χ1n) is 5.31. The third kappa shape index (κ3) is 2.61. The number of nitrogens with zero attached hydrogens (tertiary/aromatic N) is 1. The van der Waals surface area contributed by atoms with Crippen LogP contribution in [0.4, 0.5) is 5.69 Å². The van der Waals surface area contributed by atoms with Gasteiger partial charge >= 0.3 is 0 Å². The number of halogens is 1. The van der Waals surface area contributed by atoms with Crippen LogP contribution in [0.2, 0.25) is 0 Å². The molecule has 0 spiro atoms. The normalized spacial score (nSPS) is 16.2. The Morgan fingerprint density at radius 1 is 1.38 bits per heavy atom. The summed E-state index contributed by atoms with van der Waals surface area (Å²) in [5.41, 5.74) is 1.90. The van der Waals surface area contributed by atoms with Crippen molar-refractivity contribution >= 4 is 39.2 Å². The van der Waals surface area contributed by atoms with Crippen LogP contribution in [-0.4, -0.2) is 30.4 Å². The van der Waals surface area contributed by atoms with E-state index in [-0.39, 0.29) is 5.78 Å². The second-order valence-electron chi connectivity index (χ2n) is 3.82. The molecule has 0 amide bonds. The molecule has 2 rings (SSSR count). The largest absolute Gasteiger partial charge is 0.369 e. The van der Waals surface area contributed by atoms with E-state index < -0.39 is 0 Å². The summed E-state index contributed by atoms with van der Waals surface area (Å²) >= 11 is 5.39. The Morgan fingerprint density at radius 2 is 2.06 bits per heavy atom. The number of thioether (sulfide) groups is 1. The molecule has 0 N–H and O–H groups in total. The zero-order valence-corrected chi connectivity index (χ0v) is 11.6. The van der Waals surface area contributed by atoms with Gasteiger partial charge in [0.15, 0.2) is 5.78 Å². The predicted octanol–water partition coefficient (Wildman–Crippen LogP) is 3.20. The Balaban J connectivity index is 2.34. The molecule has 0 bridgehead atoms. The van der Waals surface area contributed by atoms with Gasteiger partial charge in [-0.3, -0.25) is 4.79 Å². The van der Waals surface area contributed by atoms with Crippen molar-refractivity contribution in [2.24, 2.45) is 0 Å². The van der Waals surface area contributed by atoms with Crippen molar-refractivity contribution in [2.75, 3.05) is 29.5 Å². The third-order valence-corrected chi connectivity index (χ3v) is 4.13. The zero-order valence-electron chi connectivity index (χ0n) is 9.20. The average molecular weight is 300 g/mol. The van der Waals surface area contributed by atoms with E-state index in [4.69, 9.17) is 0 Å². The van der Waals surface area contributed by atoms with Gasteiger partial charge in [0.2, 0.25) is 0 Å². The minimum Gasteiger partial charge on any atom is -0.369 e. The lowest BCUT2D eigenvalue weighted by molar-refractivity contribution is 0.101. The van der Waals surface area contributed by atoms with Crippen molar-refractivity contribution in [2.45, 2.75) is 6.92 Å². The summed E-state index contributed by atoms with van der Waals surface area (Å²) in [6.45, 7) is 3.70. The summed E-state index contributed by atoms with van der Waals surface area (Å²) in [5.74, 6) is 2.43. The van der Waals surface area contributed by atoms with Crippen LogP contribution in [0.25, 0.3) is 0 Å². The minimum atomic E-state index is 0.134. The molecule has 1 saturated heterocycles. The Bertz CT molecular complexity index is 402. The van der Waals surface area contributed by atoms with Crippen molar-refractivity contribution in [1.29, 1.82) is 0 Å². The Kier molecular flexibility index (Phi) is 3.92. The van der Waals surface area contributed by atoms with Crippen LogP contribution >= 0.6 is 27.7 Å². The number of carbonyl (C=O) groups excluding carboxylic acids is 1. The quantitative estimate of drug-likeness (QED) is 0.782. The number of hydrogen-bond donors (Lipinski definition) is 0. The van der Waals surface area contributed by atoms with Gasteiger partial charge in [0.1, 0.15) is 0 Å². The summed E-state index contributed by atoms with van der Waals surface area (Å²) in [5, 5.41) is 0. The molecule has 0 aromatic heterocycles. The van der Waals surface area contributed by atoms with Gasteiger partial charge in [0, 0.05) is 40.3 Å². The molecule has 0 aliphatic carbocycles. The zero-order chi connectivity index (χ0) is 11.5. The third-order valence-electron chi connectivity index (χ3n) is 2.69. The minimum absolute atomic E-state index is 0.134. The van der Waals surface area contributed by atoms with Crippen LogP contribution < -0.4 is 4.90 Å². The Labute approximate surface area is 109 Å². The highest BCUT2D eigenvalue weighted by Crippen LogP contribution is 2.27. The summed E-state index contributed by atoms with van der Waals surface area (Å²) in [6.07, 6.45) is 0. The molecule has 1 aliphatic rings. The van der Waals surface area contributed by atoms with Gasteiger partial charge in [-0.1, -0.05) is 15.9 Å². The van der Waals surface area contributed by atoms with E-state index in [2.05, 4.69) is 20.8 Å². The molecule has 1 aromatic carbocycles. The lowest BCUT2D eigenvalue weighted by Crippen LogP contribution is -2.33. The van der Waals surface area contributed by atoms with Crippen molar-refractivity contribution < 1.29 is 4.79 Å².